The summed E-state index contributed by atoms with van der Waals surface area (Å²) in [5, 5.41) is 11.7. The van der Waals surface area contributed by atoms with Gasteiger partial charge in [0.1, 0.15) is 5.75 Å². The van der Waals surface area contributed by atoms with E-state index in [0.29, 0.717) is 11.3 Å². The Kier molecular flexibility index (Phi) is 6.20. The molecule has 6 heteroatoms. The lowest BCUT2D eigenvalue weighted by Crippen LogP contribution is -2.39. The van der Waals surface area contributed by atoms with Crippen LogP contribution in [0.3, 0.4) is 0 Å². The third-order valence-corrected chi connectivity index (χ3v) is 4.94. The number of hydrogen-bond acceptors (Lipinski definition) is 5. The molecule has 2 aromatic carbocycles. The van der Waals surface area contributed by atoms with Gasteiger partial charge in [-0.15, -0.1) is 0 Å². The lowest BCUT2D eigenvalue weighted by atomic mass is 9.78. The molecule has 1 atom stereocenters. The molecule has 0 spiro atoms. The number of nitrogens with zero attached hydrogens (tertiary/aromatic N) is 2. The number of carbonyl (C=O) groups is 1. The van der Waals surface area contributed by atoms with Crippen molar-refractivity contribution in [3.8, 4) is 5.75 Å². The van der Waals surface area contributed by atoms with Crippen LogP contribution in [0.25, 0.3) is 0 Å². The second-order valence-electron chi connectivity index (χ2n) is 7.31. The molecule has 0 aliphatic rings. The first kappa shape index (κ1) is 20.4. The Morgan fingerprint density at radius 2 is 1.67 bits per heavy atom. The van der Waals surface area contributed by atoms with E-state index in [-0.39, 0.29) is 17.1 Å². The average molecular weight is 370 g/mol. The number of ether oxygens (including phenoxy) is 1. The molecule has 27 heavy (non-hydrogen) atoms. The Balaban J connectivity index is 2.34. The third kappa shape index (κ3) is 4.64. The minimum absolute atomic E-state index is 0.0572. The molecule has 2 rings (SSSR count). The molecule has 0 aliphatic carbocycles. The molecule has 0 saturated heterocycles. The molecule has 0 N–H and O–H groups in total. The highest BCUT2D eigenvalue weighted by Crippen LogP contribution is 2.35. The van der Waals surface area contributed by atoms with Gasteiger partial charge in [-0.3, -0.25) is 14.9 Å². The highest BCUT2D eigenvalue weighted by Gasteiger charge is 2.42. The van der Waals surface area contributed by atoms with Gasteiger partial charge in [-0.25, -0.2) is 0 Å². The monoisotopic (exact) mass is 370 g/mol. The van der Waals surface area contributed by atoms with Crippen molar-refractivity contribution in [2.24, 2.45) is 0 Å². The maximum atomic E-state index is 12.8. The topological polar surface area (TPSA) is 72.7 Å². The Morgan fingerprint density at radius 1 is 1.11 bits per heavy atom. The summed E-state index contributed by atoms with van der Waals surface area (Å²) < 4.78 is 5.11. The van der Waals surface area contributed by atoms with E-state index in [4.69, 9.17) is 4.74 Å². The Morgan fingerprint density at radius 3 is 2.11 bits per heavy atom. The number of nitro groups is 1. The van der Waals surface area contributed by atoms with E-state index < -0.39 is 11.5 Å². The van der Waals surface area contributed by atoms with E-state index in [2.05, 4.69) is 0 Å². The van der Waals surface area contributed by atoms with Gasteiger partial charge in [-0.1, -0.05) is 12.1 Å². The van der Waals surface area contributed by atoms with Gasteiger partial charge in [0.25, 0.3) is 0 Å². The molecule has 0 bridgehead atoms. The number of Topliss-reactive ketones (excluding diaryl/α,β-unsaturated/α-hetero) is 1. The molecule has 1 unspecified atom stereocenters. The summed E-state index contributed by atoms with van der Waals surface area (Å²) in [5.41, 5.74) is 1.02. The van der Waals surface area contributed by atoms with Crippen LogP contribution in [0.15, 0.2) is 48.5 Å². The highest BCUT2D eigenvalue weighted by molar-refractivity contribution is 5.96. The standard InChI is InChI=1S/C21H26N2O4/c1-21(2,23(25)26)19(15-6-10-17(11-7-15)22(3)4)14-20(24)16-8-12-18(27-5)13-9-16/h6-13,19H,14H2,1-5H3. The van der Waals surface area contributed by atoms with Crippen molar-refractivity contribution in [2.45, 2.75) is 31.7 Å². The van der Waals surface area contributed by atoms with Gasteiger partial charge in [-0.05, 0) is 42.0 Å². The SMILES string of the molecule is COc1ccc(C(=O)CC(c2ccc(N(C)C)cc2)C(C)(C)[N+](=O)[O-])cc1. The second-order valence-corrected chi connectivity index (χ2v) is 7.31. The van der Waals surface area contributed by atoms with E-state index in [1.165, 1.54) is 0 Å². The molecule has 0 amide bonds. The lowest BCUT2D eigenvalue weighted by Gasteiger charge is -2.27. The smallest absolute Gasteiger partial charge is 0.223 e. The zero-order chi connectivity index (χ0) is 20.2. The van der Waals surface area contributed by atoms with E-state index in [0.717, 1.165) is 11.3 Å². The number of rotatable bonds is 8. The summed E-state index contributed by atoms with van der Waals surface area (Å²) in [7, 11) is 5.42. The highest BCUT2D eigenvalue weighted by atomic mass is 16.6. The number of benzene rings is 2. The summed E-state index contributed by atoms with van der Waals surface area (Å²) in [5.74, 6) is -0.0134. The molecule has 0 fully saturated rings. The van der Waals surface area contributed by atoms with Crippen molar-refractivity contribution in [1.29, 1.82) is 0 Å². The number of anilines is 1. The second kappa shape index (κ2) is 8.20. The molecule has 144 valence electrons. The van der Waals surface area contributed by atoms with Gasteiger partial charge < -0.3 is 9.64 Å². The fraction of sp³-hybridized carbons (Fsp3) is 0.381. The first-order valence-electron chi connectivity index (χ1n) is 8.76. The van der Waals surface area contributed by atoms with Crippen LogP contribution in [0.1, 0.15) is 42.1 Å². The van der Waals surface area contributed by atoms with Crippen LogP contribution in [0, 0.1) is 10.1 Å². The van der Waals surface area contributed by atoms with Crippen LogP contribution >= 0.6 is 0 Å². The Hall–Kier alpha value is -2.89. The quantitative estimate of drug-likeness (QED) is 0.396. The van der Waals surface area contributed by atoms with Crippen LogP contribution in [-0.4, -0.2) is 37.5 Å². The van der Waals surface area contributed by atoms with Gasteiger partial charge in [-0.2, -0.15) is 0 Å². The lowest BCUT2D eigenvalue weighted by molar-refractivity contribution is -0.565. The average Bonchev–Trinajstić information content (AvgIpc) is 2.65. The largest absolute Gasteiger partial charge is 0.497 e. The van der Waals surface area contributed by atoms with Gasteiger partial charge in [0.2, 0.25) is 5.54 Å². The van der Waals surface area contributed by atoms with E-state index in [1.807, 2.05) is 43.3 Å². The number of ketones is 1. The normalized spacial score (nSPS) is 12.3. The number of methoxy groups -OCH3 is 1. The first-order chi connectivity index (χ1) is 12.7. The van der Waals surface area contributed by atoms with Crippen molar-refractivity contribution < 1.29 is 14.5 Å². The molecule has 0 saturated carbocycles. The minimum Gasteiger partial charge on any atom is -0.497 e. The Labute approximate surface area is 159 Å². The fourth-order valence-corrected chi connectivity index (χ4v) is 2.99. The summed E-state index contributed by atoms with van der Waals surface area (Å²) in [4.78, 5) is 26.1. The van der Waals surface area contributed by atoms with E-state index >= 15 is 0 Å². The molecular weight excluding hydrogens is 344 g/mol. The van der Waals surface area contributed by atoms with Crippen LogP contribution in [0.2, 0.25) is 0 Å². The Bertz CT molecular complexity index is 796. The van der Waals surface area contributed by atoms with Crippen molar-refractivity contribution in [1.82, 2.24) is 0 Å². The number of carbonyl (C=O) groups excluding carboxylic acids is 1. The molecule has 0 radical (unpaired) electrons. The van der Waals surface area contributed by atoms with Crippen LogP contribution in [0.4, 0.5) is 5.69 Å². The van der Waals surface area contributed by atoms with E-state index in [9.17, 15) is 14.9 Å². The summed E-state index contributed by atoms with van der Waals surface area (Å²) in [6, 6.07) is 14.4. The zero-order valence-electron chi connectivity index (χ0n) is 16.4. The van der Waals surface area contributed by atoms with Gasteiger partial charge in [0.05, 0.1) is 13.0 Å². The summed E-state index contributed by atoms with van der Waals surface area (Å²) in [6.45, 7) is 3.14. The zero-order valence-corrected chi connectivity index (χ0v) is 16.4. The van der Waals surface area contributed by atoms with Gasteiger partial charge in [0.15, 0.2) is 5.78 Å². The molecular formula is C21H26N2O4. The predicted octanol–water partition coefficient (Wildman–Crippen LogP) is 4.17. The van der Waals surface area contributed by atoms with Gasteiger partial charge >= 0.3 is 0 Å². The van der Waals surface area contributed by atoms with Crippen molar-refractivity contribution >= 4 is 11.5 Å². The molecule has 6 nitrogen and oxygen atoms in total. The predicted molar refractivity (Wildman–Crippen MR) is 107 cm³/mol. The minimum atomic E-state index is -1.28. The van der Waals surface area contributed by atoms with Crippen LogP contribution in [0.5, 0.6) is 5.75 Å². The van der Waals surface area contributed by atoms with Gasteiger partial charge in [0, 0.05) is 50.5 Å². The summed E-state index contributed by atoms with van der Waals surface area (Å²) >= 11 is 0. The molecule has 2 aromatic rings. The maximum Gasteiger partial charge on any atom is 0.223 e. The third-order valence-electron chi connectivity index (χ3n) is 4.94. The molecule has 0 aromatic heterocycles. The van der Waals surface area contributed by atoms with Crippen LogP contribution in [-0.2, 0) is 0 Å². The molecule has 0 aliphatic heterocycles. The van der Waals surface area contributed by atoms with E-state index in [1.54, 1.807) is 45.2 Å². The fourth-order valence-electron chi connectivity index (χ4n) is 2.99. The molecule has 0 heterocycles. The van der Waals surface area contributed by atoms with Crippen LogP contribution < -0.4 is 9.64 Å². The number of hydrogen-bond donors (Lipinski definition) is 0. The summed E-state index contributed by atoms with van der Waals surface area (Å²) in [6.07, 6.45) is 0.0572. The first-order valence-corrected chi connectivity index (χ1v) is 8.76. The van der Waals surface area contributed by atoms with Crippen molar-refractivity contribution in [3.63, 3.8) is 0 Å². The maximum absolute atomic E-state index is 12.8. The van der Waals surface area contributed by atoms with Crippen molar-refractivity contribution in [2.75, 3.05) is 26.1 Å². The van der Waals surface area contributed by atoms with Crippen molar-refractivity contribution in [3.05, 3.63) is 69.8 Å².